The molecule has 2 aliphatic carbocycles. The van der Waals surface area contributed by atoms with Gasteiger partial charge in [0.25, 0.3) is 0 Å². The fraction of sp³-hybridized carbons (Fsp3) is 0.222. The van der Waals surface area contributed by atoms with E-state index in [-0.39, 0.29) is 0 Å². The van der Waals surface area contributed by atoms with Gasteiger partial charge in [-0.2, -0.15) is 5.10 Å². The van der Waals surface area contributed by atoms with Gasteiger partial charge >= 0.3 is 5.97 Å². The molecule has 33 heavy (non-hydrogen) atoms. The van der Waals surface area contributed by atoms with Crippen molar-refractivity contribution in [2.75, 3.05) is 11.9 Å². The molecule has 1 fully saturated rings. The average molecular weight is 437 g/mol. The molecule has 0 unspecified atom stereocenters. The van der Waals surface area contributed by atoms with Crippen LogP contribution in [0.3, 0.4) is 0 Å². The summed E-state index contributed by atoms with van der Waals surface area (Å²) in [6, 6.07) is 16.7. The Balaban J connectivity index is 1.40. The van der Waals surface area contributed by atoms with Crippen LogP contribution in [0.2, 0.25) is 0 Å². The average Bonchev–Trinajstić information content (AvgIpc) is 3.50. The maximum absolute atomic E-state index is 11.7. The molecule has 2 aromatic heterocycles. The largest absolute Gasteiger partial charge is 0.478 e. The quantitative estimate of drug-likeness (QED) is 0.453. The van der Waals surface area contributed by atoms with E-state index in [1.807, 2.05) is 17.8 Å². The van der Waals surface area contributed by atoms with Crippen LogP contribution in [0.15, 0.2) is 54.7 Å². The first-order valence-corrected chi connectivity index (χ1v) is 11.2. The van der Waals surface area contributed by atoms with Gasteiger partial charge in [-0.1, -0.05) is 24.3 Å². The highest BCUT2D eigenvalue weighted by Gasteiger charge is 2.26. The molecule has 0 amide bonds. The Morgan fingerprint density at radius 1 is 1.12 bits per heavy atom. The van der Waals surface area contributed by atoms with Crippen LogP contribution in [0.25, 0.3) is 22.6 Å². The van der Waals surface area contributed by atoms with Crippen molar-refractivity contribution in [3.05, 3.63) is 82.8 Å². The summed E-state index contributed by atoms with van der Waals surface area (Å²) in [7, 11) is 4.05. The minimum Gasteiger partial charge on any atom is -0.478 e. The van der Waals surface area contributed by atoms with Crippen LogP contribution in [-0.2, 0) is 13.5 Å². The highest BCUT2D eigenvalue weighted by molar-refractivity contribution is 6.04. The van der Waals surface area contributed by atoms with Crippen molar-refractivity contribution in [3.8, 4) is 0 Å². The molecule has 6 heteroatoms. The number of benzene rings is 2. The summed E-state index contributed by atoms with van der Waals surface area (Å²) >= 11 is 0. The number of allylic oxidation sites excluding steroid dienone is 1. The van der Waals surface area contributed by atoms with Gasteiger partial charge < -0.3 is 10.0 Å². The number of aromatic carboxylic acids is 1. The van der Waals surface area contributed by atoms with Crippen LogP contribution < -0.4 is 4.90 Å². The van der Waals surface area contributed by atoms with Crippen molar-refractivity contribution in [3.63, 3.8) is 0 Å². The highest BCUT2D eigenvalue weighted by atomic mass is 16.4. The summed E-state index contributed by atoms with van der Waals surface area (Å²) < 4.78 is 1.92. The van der Waals surface area contributed by atoms with E-state index in [4.69, 9.17) is 5.10 Å². The van der Waals surface area contributed by atoms with Crippen LogP contribution in [0.4, 0.5) is 11.4 Å². The van der Waals surface area contributed by atoms with Gasteiger partial charge in [0.15, 0.2) is 0 Å². The maximum atomic E-state index is 11.7. The number of para-hydroxylation sites is 1. The molecule has 6 nitrogen and oxygen atoms in total. The molecule has 2 aliphatic rings. The first kappa shape index (κ1) is 19.7. The zero-order valence-corrected chi connectivity index (χ0v) is 18.6. The van der Waals surface area contributed by atoms with Crippen LogP contribution in [0.5, 0.6) is 0 Å². The summed E-state index contributed by atoms with van der Waals surface area (Å²) in [6.45, 7) is 0. The zero-order valence-electron chi connectivity index (χ0n) is 18.6. The molecule has 0 saturated heterocycles. The fourth-order valence-corrected chi connectivity index (χ4v) is 4.93. The topological polar surface area (TPSA) is 71.2 Å². The Hall–Kier alpha value is -3.93. The van der Waals surface area contributed by atoms with Crippen molar-refractivity contribution < 1.29 is 9.90 Å². The molecule has 2 aromatic carbocycles. The molecule has 0 radical (unpaired) electrons. The molecule has 0 atom stereocenters. The molecule has 2 heterocycles. The Kier molecular flexibility index (Phi) is 4.37. The monoisotopic (exact) mass is 436 g/mol. The van der Waals surface area contributed by atoms with Crippen LogP contribution >= 0.6 is 0 Å². The van der Waals surface area contributed by atoms with Crippen molar-refractivity contribution in [2.45, 2.75) is 25.2 Å². The smallest absolute Gasteiger partial charge is 0.336 e. The summed E-state index contributed by atoms with van der Waals surface area (Å²) in [5, 5.41) is 15.5. The summed E-state index contributed by atoms with van der Waals surface area (Å²) in [4.78, 5) is 18.3. The Labute approximate surface area is 191 Å². The first-order chi connectivity index (χ1) is 16.0. The predicted molar refractivity (Wildman–Crippen MR) is 130 cm³/mol. The minimum absolute atomic E-state index is 0.307. The lowest BCUT2D eigenvalue weighted by Crippen LogP contribution is -2.11. The Morgan fingerprint density at radius 2 is 1.91 bits per heavy atom. The van der Waals surface area contributed by atoms with Gasteiger partial charge in [-0.05, 0) is 65.8 Å². The molecule has 164 valence electrons. The number of hydrogen-bond acceptors (Lipinski definition) is 4. The molecule has 1 N–H and O–H groups in total. The molecule has 0 bridgehead atoms. The number of aromatic nitrogens is 3. The number of nitrogens with zero attached hydrogens (tertiary/aromatic N) is 4. The molecule has 1 saturated carbocycles. The van der Waals surface area contributed by atoms with E-state index in [1.165, 1.54) is 18.4 Å². The number of rotatable bonds is 5. The first-order valence-electron chi connectivity index (χ1n) is 11.2. The number of anilines is 2. The van der Waals surface area contributed by atoms with Gasteiger partial charge in [0.05, 0.1) is 28.2 Å². The number of fused-ring (bicyclic) bond motifs is 2. The lowest BCUT2D eigenvalue weighted by atomic mass is 10.0. The number of carbonyl (C=O) groups is 1. The summed E-state index contributed by atoms with van der Waals surface area (Å²) in [5.74, 6) is -0.182. The summed E-state index contributed by atoms with van der Waals surface area (Å²) in [5.41, 5.74) is 8.33. The Morgan fingerprint density at radius 3 is 2.64 bits per heavy atom. The lowest BCUT2D eigenvalue weighted by molar-refractivity contribution is 0.0695. The van der Waals surface area contributed by atoms with E-state index in [0.717, 1.165) is 45.0 Å². The second kappa shape index (κ2) is 7.30. The second-order valence-corrected chi connectivity index (χ2v) is 8.94. The molecule has 4 aromatic rings. The number of hydrogen-bond donors (Lipinski definition) is 1. The van der Waals surface area contributed by atoms with Gasteiger partial charge in [0.2, 0.25) is 0 Å². The summed E-state index contributed by atoms with van der Waals surface area (Å²) in [6.07, 6.45) is 6.64. The maximum Gasteiger partial charge on any atom is 0.336 e. The normalized spacial score (nSPS) is 14.9. The van der Waals surface area contributed by atoms with Gasteiger partial charge in [-0.3, -0.25) is 9.67 Å². The van der Waals surface area contributed by atoms with E-state index >= 15 is 0 Å². The fourth-order valence-electron chi connectivity index (χ4n) is 4.93. The second-order valence-electron chi connectivity index (χ2n) is 8.94. The van der Waals surface area contributed by atoms with Gasteiger partial charge in [0.1, 0.15) is 0 Å². The molecular formula is C27H24N4O2. The molecule has 6 rings (SSSR count). The van der Waals surface area contributed by atoms with Crippen molar-refractivity contribution in [2.24, 2.45) is 7.05 Å². The minimum atomic E-state index is -0.925. The third-order valence-corrected chi connectivity index (χ3v) is 6.84. The van der Waals surface area contributed by atoms with Crippen molar-refractivity contribution in [1.29, 1.82) is 0 Å². The van der Waals surface area contributed by atoms with E-state index in [1.54, 1.807) is 12.3 Å². The van der Waals surface area contributed by atoms with Gasteiger partial charge in [0, 0.05) is 37.8 Å². The zero-order chi connectivity index (χ0) is 22.7. The number of pyridine rings is 1. The van der Waals surface area contributed by atoms with E-state index < -0.39 is 5.97 Å². The molecule has 0 aliphatic heterocycles. The number of aryl methyl sites for hydroxylation is 1. The van der Waals surface area contributed by atoms with Crippen molar-refractivity contribution >= 4 is 39.9 Å². The predicted octanol–water partition coefficient (Wildman–Crippen LogP) is 5.41. The highest BCUT2D eigenvalue weighted by Crippen LogP contribution is 2.42. The van der Waals surface area contributed by atoms with Crippen LogP contribution in [0.1, 0.15) is 51.6 Å². The van der Waals surface area contributed by atoms with Gasteiger partial charge in [-0.15, -0.1) is 0 Å². The van der Waals surface area contributed by atoms with E-state index in [0.29, 0.717) is 17.7 Å². The van der Waals surface area contributed by atoms with E-state index in [9.17, 15) is 9.90 Å². The number of carboxylic acids is 1. The Bertz CT molecular complexity index is 1450. The van der Waals surface area contributed by atoms with E-state index in [2.05, 4.69) is 59.4 Å². The number of carboxylic acid groups (broad SMARTS) is 1. The van der Waals surface area contributed by atoms with Gasteiger partial charge in [-0.25, -0.2) is 4.79 Å². The third kappa shape index (κ3) is 3.21. The lowest BCUT2D eigenvalue weighted by Gasteiger charge is -2.21. The third-order valence-electron chi connectivity index (χ3n) is 6.84. The van der Waals surface area contributed by atoms with Crippen molar-refractivity contribution in [1.82, 2.24) is 14.8 Å². The SMILES string of the molecule is CN(c1ccc(C2CC2)cc1)c1cccc2c(C3=Cc4nccc(C(=O)O)c4C3)nn(C)c12. The van der Waals surface area contributed by atoms with Crippen LogP contribution in [0, 0.1) is 0 Å². The molecular weight excluding hydrogens is 412 g/mol. The van der Waals surface area contributed by atoms with Crippen LogP contribution in [-0.4, -0.2) is 32.9 Å². The standard InChI is InChI=1S/C27H24N4O2/c1-30(19-10-8-17(9-11-19)16-6-7-16)24-5-3-4-21-25(29-31(2)26(21)24)18-14-22-20(27(32)33)12-13-28-23(22)15-18/h3-5,8-13,15-16H,6-7,14H2,1-2H3,(H,32,33). The molecule has 0 spiro atoms.